The Kier molecular flexibility index (Phi) is 8.06. The smallest absolute Gasteiger partial charge is 0.313 e. The zero-order valence-corrected chi connectivity index (χ0v) is 29.9. The predicted molar refractivity (Wildman–Crippen MR) is 176 cm³/mol. The van der Waals surface area contributed by atoms with Crippen LogP contribution < -0.4 is 0 Å². The molecule has 1 saturated heterocycles. The van der Waals surface area contributed by atoms with Gasteiger partial charge in [-0.25, -0.2) is 0 Å². The summed E-state index contributed by atoms with van der Waals surface area (Å²) in [6.45, 7) is 21.9. The van der Waals surface area contributed by atoms with Crippen LogP contribution >= 0.6 is 0 Å². The van der Waals surface area contributed by atoms with E-state index in [0.29, 0.717) is 11.7 Å². The molecule has 5 fully saturated rings. The summed E-state index contributed by atoms with van der Waals surface area (Å²) in [5, 5.41) is 0. The molecule has 0 radical (unpaired) electrons. The summed E-state index contributed by atoms with van der Waals surface area (Å²) in [7, 11) is 0. The van der Waals surface area contributed by atoms with E-state index in [1.165, 1.54) is 31.8 Å². The first-order valence-corrected chi connectivity index (χ1v) is 18.3. The second-order valence-corrected chi connectivity index (χ2v) is 18.3. The molecule has 1 heterocycles. The lowest BCUT2D eigenvalue weighted by Gasteiger charge is -2.70. The highest BCUT2D eigenvalue weighted by Gasteiger charge is 2.70. The van der Waals surface area contributed by atoms with E-state index in [1.807, 2.05) is 6.92 Å². The van der Waals surface area contributed by atoms with Crippen molar-refractivity contribution in [2.75, 3.05) is 13.1 Å². The van der Waals surface area contributed by atoms with Crippen LogP contribution in [0.4, 0.5) is 0 Å². The minimum Gasteiger partial charge on any atom is -0.462 e. The fourth-order valence-electron chi connectivity index (χ4n) is 12.4. The van der Waals surface area contributed by atoms with Crippen LogP contribution in [0.2, 0.25) is 0 Å². The molecule has 6 rings (SSSR count). The van der Waals surface area contributed by atoms with Gasteiger partial charge < -0.3 is 9.47 Å². The van der Waals surface area contributed by atoms with Crippen LogP contribution in [0.25, 0.3) is 0 Å². The van der Waals surface area contributed by atoms with Gasteiger partial charge in [0.25, 0.3) is 0 Å². The molecule has 4 saturated carbocycles. The van der Waals surface area contributed by atoms with Crippen LogP contribution in [0, 0.1) is 50.2 Å². The van der Waals surface area contributed by atoms with E-state index >= 15 is 0 Å². The highest BCUT2D eigenvalue weighted by atomic mass is 16.6. The van der Waals surface area contributed by atoms with Gasteiger partial charge >= 0.3 is 11.9 Å². The van der Waals surface area contributed by atoms with Crippen LogP contribution in [-0.4, -0.2) is 48.0 Å². The van der Waals surface area contributed by atoms with Gasteiger partial charge in [0.1, 0.15) is 6.10 Å². The van der Waals surface area contributed by atoms with Crippen molar-refractivity contribution < 1.29 is 23.9 Å². The Labute approximate surface area is 272 Å². The van der Waals surface area contributed by atoms with Crippen LogP contribution in [0.1, 0.15) is 139 Å². The highest BCUT2D eigenvalue weighted by Crippen LogP contribution is 2.75. The maximum atomic E-state index is 14.7. The number of piperidine rings is 1. The Balaban J connectivity index is 1.31. The zero-order valence-electron chi connectivity index (χ0n) is 29.9. The number of fused-ring (bicyclic) bond motifs is 7. The number of esters is 2. The number of likely N-dealkylation sites (tertiary alicyclic amines) is 1. The Bertz CT molecular complexity index is 1270. The van der Waals surface area contributed by atoms with Crippen LogP contribution in [0.15, 0.2) is 11.6 Å². The fraction of sp³-hybridized carbons (Fsp3) is 0.872. The van der Waals surface area contributed by atoms with Gasteiger partial charge in [0.15, 0.2) is 12.0 Å². The second-order valence-electron chi connectivity index (χ2n) is 18.3. The third-order valence-corrected chi connectivity index (χ3v) is 15.5. The molecular weight excluding hydrogens is 562 g/mol. The lowest BCUT2D eigenvalue weighted by Crippen LogP contribution is -2.66. The van der Waals surface area contributed by atoms with Gasteiger partial charge in [-0.2, -0.15) is 0 Å². The zero-order chi connectivity index (χ0) is 32.8. The Morgan fingerprint density at radius 2 is 1.56 bits per heavy atom. The molecule has 10 atom stereocenters. The standard InChI is InChI=1S/C39H61NO5/c1-25(40-21-11-10-12-22-40)44-33(43)36(6)18-17-35(5)19-20-38(8)27(28(35)24-36)23-29(42)32-37(7)15-14-31(45-26(2)41)34(3,4)30(37)13-16-39(32,38)9/h23,25,28,30-32H,10-22,24H2,1-9H3/t25-,28-,30-,31-,32-,35+,36-,37-,38+,39-/m0/s1. The normalized spacial score (nSPS) is 46.8. The van der Waals surface area contributed by atoms with Crippen molar-refractivity contribution in [3.05, 3.63) is 11.6 Å². The third-order valence-electron chi connectivity index (χ3n) is 15.5. The fourth-order valence-corrected chi connectivity index (χ4v) is 12.4. The molecule has 0 unspecified atom stereocenters. The van der Waals surface area contributed by atoms with Crippen molar-refractivity contribution >= 4 is 17.7 Å². The van der Waals surface area contributed by atoms with E-state index in [9.17, 15) is 14.4 Å². The summed E-state index contributed by atoms with van der Waals surface area (Å²) in [5.74, 6) is 0.507. The first kappa shape index (κ1) is 33.2. The van der Waals surface area contributed by atoms with Crippen molar-refractivity contribution in [1.82, 2.24) is 4.90 Å². The Morgan fingerprint density at radius 3 is 2.22 bits per heavy atom. The molecule has 0 amide bonds. The van der Waals surface area contributed by atoms with Gasteiger partial charge in [-0.15, -0.1) is 0 Å². The molecule has 0 aromatic rings. The quantitative estimate of drug-likeness (QED) is 0.294. The summed E-state index contributed by atoms with van der Waals surface area (Å²) in [4.78, 5) is 43.0. The molecule has 0 spiro atoms. The molecule has 5 aliphatic carbocycles. The third kappa shape index (κ3) is 4.91. The second kappa shape index (κ2) is 10.9. The number of nitrogens with zero attached hydrogens (tertiary/aromatic N) is 1. The molecule has 0 aromatic heterocycles. The molecule has 1 aliphatic heterocycles. The molecule has 6 aliphatic rings. The van der Waals surface area contributed by atoms with Gasteiger partial charge in [-0.1, -0.05) is 53.5 Å². The van der Waals surface area contributed by atoms with Crippen LogP contribution in [0.5, 0.6) is 0 Å². The summed E-state index contributed by atoms with van der Waals surface area (Å²) < 4.78 is 12.1. The molecule has 252 valence electrons. The number of carbonyl (C=O) groups is 3. The van der Waals surface area contributed by atoms with Gasteiger partial charge in [-0.3, -0.25) is 19.3 Å². The van der Waals surface area contributed by atoms with Crippen molar-refractivity contribution in [1.29, 1.82) is 0 Å². The Morgan fingerprint density at radius 1 is 0.889 bits per heavy atom. The number of carbonyl (C=O) groups excluding carboxylic acids is 3. The van der Waals surface area contributed by atoms with E-state index in [4.69, 9.17) is 9.47 Å². The van der Waals surface area contributed by atoms with E-state index in [2.05, 4.69) is 59.4 Å². The first-order valence-electron chi connectivity index (χ1n) is 18.3. The van der Waals surface area contributed by atoms with Gasteiger partial charge in [-0.05, 0) is 124 Å². The maximum absolute atomic E-state index is 14.7. The molecule has 0 bridgehead atoms. The predicted octanol–water partition coefficient (Wildman–Crippen LogP) is 8.27. The van der Waals surface area contributed by atoms with Crippen molar-refractivity contribution in [3.63, 3.8) is 0 Å². The molecule has 6 heteroatoms. The topological polar surface area (TPSA) is 72.9 Å². The summed E-state index contributed by atoms with van der Waals surface area (Å²) in [6, 6.07) is 0. The molecule has 0 N–H and O–H groups in total. The molecule has 0 aromatic carbocycles. The van der Waals surface area contributed by atoms with E-state index in [-0.39, 0.29) is 63.2 Å². The van der Waals surface area contributed by atoms with E-state index in [0.717, 1.165) is 70.9 Å². The summed E-state index contributed by atoms with van der Waals surface area (Å²) >= 11 is 0. The lowest BCUT2D eigenvalue weighted by atomic mass is 9.33. The molecule has 6 nitrogen and oxygen atoms in total. The number of ether oxygens (including phenoxy) is 2. The lowest BCUT2D eigenvalue weighted by molar-refractivity contribution is -0.210. The minimum atomic E-state index is -0.545. The van der Waals surface area contributed by atoms with Crippen molar-refractivity contribution in [3.8, 4) is 0 Å². The largest absolute Gasteiger partial charge is 0.462 e. The average Bonchev–Trinajstić information content (AvgIpc) is 2.97. The first-order chi connectivity index (χ1) is 20.9. The van der Waals surface area contributed by atoms with Gasteiger partial charge in [0.2, 0.25) is 0 Å². The van der Waals surface area contributed by atoms with Crippen LogP contribution in [-0.2, 0) is 23.9 Å². The summed E-state index contributed by atoms with van der Waals surface area (Å²) in [6.07, 6.45) is 14.0. The summed E-state index contributed by atoms with van der Waals surface area (Å²) in [5.41, 5.74) is 0.303. The van der Waals surface area contributed by atoms with Crippen LogP contribution in [0.3, 0.4) is 0 Å². The van der Waals surface area contributed by atoms with Crippen molar-refractivity contribution in [2.45, 2.75) is 152 Å². The number of hydrogen-bond acceptors (Lipinski definition) is 6. The number of allylic oxidation sites excluding steroid dienone is 2. The average molecular weight is 624 g/mol. The van der Waals surface area contributed by atoms with Gasteiger partial charge in [0, 0.05) is 31.3 Å². The monoisotopic (exact) mass is 623 g/mol. The molecule has 45 heavy (non-hydrogen) atoms. The van der Waals surface area contributed by atoms with E-state index in [1.54, 1.807) is 0 Å². The number of hydrogen-bond donors (Lipinski definition) is 0. The van der Waals surface area contributed by atoms with Crippen molar-refractivity contribution in [2.24, 2.45) is 50.2 Å². The Hall–Kier alpha value is -1.69. The highest BCUT2D eigenvalue weighted by molar-refractivity contribution is 5.95. The minimum absolute atomic E-state index is 0.0512. The van der Waals surface area contributed by atoms with Gasteiger partial charge in [0.05, 0.1) is 5.41 Å². The number of rotatable bonds is 4. The number of ketones is 1. The van der Waals surface area contributed by atoms with E-state index < -0.39 is 5.41 Å². The maximum Gasteiger partial charge on any atom is 0.313 e. The SMILES string of the molecule is CC(=O)O[C@H]1CC[C@@]2(C)[C@@H](CC[C@@]3(C)[C@H]2C(=O)C=C2[C@@H]4C[C@@](C)(C(=O)O[C@@H](C)N5CCCCC5)CC[C@]4(C)CC[C@]23C)C1(C)C. The molecular formula is C39H61NO5.